The van der Waals surface area contributed by atoms with Crippen molar-refractivity contribution in [2.75, 3.05) is 6.54 Å². The summed E-state index contributed by atoms with van der Waals surface area (Å²) in [6.07, 6.45) is 1.75. The van der Waals surface area contributed by atoms with Crippen molar-refractivity contribution >= 4 is 44.3 Å². The molecule has 0 aliphatic carbocycles. The predicted octanol–water partition coefficient (Wildman–Crippen LogP) is 3.08. The minimum Gasteiger partial charge on any atom is -0.506 e. The molecule has 0 aromatic heterocycles. The second-order valence-electron chi connectivity index (χ2n) is 3.37. The zero-order chi connectivity index (χ0) is 11.4. The highest BCUT2D eigenvalue weighted by molar-refractivity contribution is 9.11. The number of phenolic OH excluding ortho intramolecular Hbond substituents is 1. The first-order valence-electron chi connectivity index (χ1n) is 4.69. The molecule has 0 unspecified atom stereocenters. The van der Waals surface area contributed by atoms with Crippen molar-refractivity contribution in [3.8, 4) is 5.75 Å². The molecule has 0 aliphatic rings. The highest BCUT2D eigenvalue weighted by Gasteiger charge is 2.11. The second kappa shape index (κ2) is 7.50. The second-order valence-corrected chi connectivity index (χ2v) is 5.08. The molecule has 0 aliphatic heterocycles. The normalized spacial score (nSPS) is 12.0. The Morgan fingerprint density at radius 3 is 2.19 bits per heavy atom. The van der Waals surface area contributed by atoms with E-state index in [0.29, 0.717) is 15.5 Å². The molecular formula is C10H15Br2ClN2O. The number of hydrogen-bond donors (Lipinski definition) is 3. The fourth-order valence-corrected chi connectivity index (χ4v) is 2.53. The molecule has 0 radical (unpaired) electrons. The Morgan fingerprint density at radius 1 is 1.25 bits per heavy atom. The summed E-state index contributed by atoms with van der Waals surface area (Å²) in [4.78, 5) is 0. The van der Waals surface area contributed by atoms with Gasteiger partial charge in [-0.2, -0.15) is 0 Å². The lowest BCUT2D eigenvalue weighted by Gasteiger charge is -2.13. The van der Waals surface area contributed by atoms with E-state index < -0.39 is 0 Å². The van der Waals surface area contributed by atoms with Crippen LogP contribution in [0.3, 0.4) is 0 Å². The van der Waals surface area contributed by atoms with E-state index in [0.717, 1.165) is 18.4 Å². The maximum absolute atomic E-state index is 9.53. The highest BCUT2D eigenvalue weighted by atomic mass is 79.9. The minimum absolute atomic E-state index is 0. The Kier molecular flexibility index (Phi) is 7.59. The van der Waals surface area contributed by atoms with Gasteiger partial charge in [-0.1, -0.05) is 0 Å². The van der Waals surface area contributed by atoms with Gasteiger partial charge in [0.15, 0.2) is 0 Å². The van der Waals surface area contributed by atoms with E-state index in [1.54, 1.807) is 0 Å². The summed E-state index contributed by atoms with van der Waals surface area (Å²) in [6.45, 7) is 0.647. The summed E-state index contributed by atoms with van der Waals surface area (Å²) < 4.78 is 1.30. The van der Waals surface area contributed by atoms with E-state index in [2.05, 4.69) is 31.9 Å². The highest BCUT2D eigenvalue weighted by Crippen LogP contribution is 2.35. The summed E-state index contributed by atoms with van der Waals surface area (Å²) in [5.74, 6) is 0.199. The van der Waals surface area contributed by atoms with Crippen molar-refractivity contribution in [3.05, 3.63) is 26.6 Å². The van der Waals surface area contributed by atoms with Crippen molar-refractivity contribution in [3.63, 3.8) is 0 Å². The van der Waals surface area contributed by atoms with Crippen LogP contribution in [0.1, 0.15) is 24.4 Å². The number of nitrogens with two attached hydrogens (primary N) is 2. The first kappa shape index (κ1) is 16.2. The molecule has 3 nitrogen and oxygen atoms in total. The minimum atomic E-state index is -0.0400. The van der Waals surface area contributed by atoms with Crippen LogP contribution in [0.4, 0.5) is 0 Å². The van der Waals surface area contributed by atoms with Gasteiger partial charge in [0.25, 0.3) is 0 Å². The molecule has 1 rings (SSSR count). The Hall–Kier alpha value is 0.190. The Morgan fingerprint density at radius 2 is 1.75 bits per heavy atom. The van der Waals surface area contributed by atoms with Crippen molar-refractivity contribution < 1.29 is 5.11 Å². The Labute approximate surface area is 118 Å². The summed E-state index contributed by atoms with van der Waals surface area (Å²) >= 11 is 6.55. The standard InChI is InChI=1S/C10H14Br2N2O.ClH/c11-7-4-6(5-8(12)10(7)15)9(14)2-1-3-13;/h4-5,9,15H,1-3,13-14H2;1H/t9-;/m1./s1. The molecule has 0 bridgehead atoms. The van der Waals surface area contributed by atoms with Gasteiger partial charge in [-0.15, -0.1) is 12.4 Å². The molecule has 92 valence electrons. The van der Waals surface area contributed by atoms with Crippen molar-refractivity contribution in [1.82, 2.24) is 0 Å². The lowest BCUT2D eigenvalue weighted by Crippen LogP contribution is -2.12. The molecule has 6 heteroatoms. The topological polar surface area (TPSA) is 72.3 Å². The van der Waals surface area contributed by atoms with Gasteiger partial charge < -0.3 is 16.6 Å². The molecule has 16 heavy (non-hydrogen) atoms. The van der Waals surface area contributed by atoms with Gasteiger partial charge in [-0.05, 0) is 68.9 Å². The lowest BCUT2D eigenvalue weighted by atomic mass is 10.0. The van der Waals surface area contributed by atoms with E-state index in [4.69, 9.17) is 11.5 Å². The van der Waals surface area contributed by atoms with Gasteiger partial charge in [0.2, 0.25) is 0 Å². The molecular weight excluding hydrogens is 359 g/mol. The van der Waals surface area contributed by atoms with Crippen LogP contribution < -0.4 is 11.5 Å². The van der Waals surface area contributed by atoms with Crippen LogP contribution in [-0.4, -0.2) is 11.7 Å². The Bertz CT molecular complexity index is 327. The fraction of sp³-hybridized carbons (Fsp3) is 0.400. The van der Waals surface area contributed by atoms with Gasteiger partial charge >= 0.3 is 0 Å². The SMILES string of the molecule is Cl.NCCC[C@@H](N)c1cc(Br)c(O)c(Br)c1. The van der Waals surface area contributed by atoms with Crippen LogP contribution in [0.15, 0.2) is 21.1 Å². The maximum Gasteiger partial charge on any atom is 0.143 e. The number of benzene rings is 1. The number of phenols is 1. The van der Waals surface area contributed by atoms with Crippen LogP contribution in [0.2, 0.25) is 0 Å². The number of aromatic hydroxyl groups is 1. The third kappa shape index (κ3) is 4.22. The van der Waals surface area contributed by atoms with Crippen molar-refractivity contribution in [2.24, 2.45) is 11.5 Å². The molecule has 1 aromatic rings. The van der Waals surface area contributed by atoms with E-state index >= 15 is 0 Å². The predicted molar refractivity (Wildman–Crippen MR) is 76.0 cm³/mol. The van der Waals surface area contributed by atoms with Gasteiger partial charge in [-0.3, -0.25) is 0 Å². The lowest BCUT2D eigenvalue weighted by molar-refractivity contribution is 0.467. The molecule has 0 saturated heterocycles. The summed E-state index contributed by atoms with van der Waals surface area (Å²) in [7, 11) is 0. The smallest absolute Gasteiger partial charge is 0.143 e. The molecule has 0 heterocycles. The molecule has 0 amide bonds. The van der Waals surface area contributed by atoms with E-state index in [1.165, 1.54) is 0 Å². The fourth-order valence-electron chi connectivity index (χ4n) is 1.30. The average molecular weight is 375 g/mol. The van der Waals surface area contributed by atoms with Crippen LogP contribution >= 0.6 is 44.3 Å². The molecule has 0 saturated carbocycles. The van der Waals surface area contributed by atoms with Crippen LogP contribution in [-0.2, 0) is 0 Å². The molecule has 5 N–H and O–H groups in total. The van der Waals surface area contributed by atoms with E-state index in [-0.39, 0.29) is 24.2 Å². The largest absolute Gasteiger partial charge is 0.506 e. The first-order valence-corrected chi connectivity index (χ1v) is 6.28. The third-order valence-electron chi connectivity index (χ3n) is 2.19. The van der Waals surface area contributed by atoms with Crippen molar-refractivity contribution in [1.29, 1.82) is 0 Å². The number of rotatable bonds is 4. The summed E-state index contributed by atoms with van der Waals surface area (Å²) in [5.41, 5.74) is 12.4. The van der Waals surface area contributed by atoms with Gasteiger partial charge in [-0.25, -0.2) is 0 Å². The average Bonchev–Trinajstić information content (AvgIpc) is 2.21. The quantitative estimate of drug-likeness (QED) is 0.758. The van der Waals surface area contributed by atoms with E-state index in [9.17, 15) is 5.11 Å². The molecule has 0 fully saturated rings. The third-order valence-corrected chi connectivity index (χ3v) is 3.40. The zero-order valence-electron chi connectivity index (χ0n) is 8.62. The maximum atomic E-state index is 9.53. The monoisotopic (exact) mass is 372 g/mol. The molecule has 1 aromatic carbocycles. The van der Waals surface area contributed by atoms with Crippen molar-refractivity contribution in [2.45, 2.75) is 18.9 Å². The molecule has 1 atom stereocenters. The zero-order valence-corrected chi connectivity index (χ0v) is 12.6. The van der Waals surface area contributed by atoms with Crippen LogP contribution in [0.5, 0.6) is 5.75 Å². The summed E-state index contributed by atoms with van der Waals surface area (Å²) in [5, 5.41) is 9.53. The van der Waals surface area contributed by atoms with Gasteiger partial charge in [0, 0.05) is 6.04 Å². The first-order chi connectivity index (χ1) is 7.06. The van der Waals surface area contributed by atoms with Gasteiger partial charge in [0.05, 0.1) is 8.95 Å². The van der Waals surface area contributed by atoms with Crippen LogP contribution in [0.25, 0.3) is 0 Å². The number of halogens is 3. The molecule has 0 spiro atoms. The van der Waals surface area contributed by atoms with Gasteiger partial charge in [0.1, 0.15) is 5.75 Å². The number of hydrogen-bond acceptors (Lipinski definition) is 3. The van der Waals surface area contributed by atoms with Crippen LogP contribution in [0, 0.1) is 0 Å². The Balaban J connectivity index is 0.00000225. The summed E-state index contributed by atoms with van der Waals surface area (Å²) in [6, 6.07) is 3.63. The van der Waals surface area contributed by atoms with E-state index in [1.807, 2.05) is 12.1 Å².